The van der Waals surface area contributed by atoms with Crippen molar-refractivity contribution in [1.29, 1.82) is 0 Å². The maximum atomic E-state index is 11.2. The van der Waals surface area contributed by atoms with Crippen molar-refractivity contribution in [3.05, 3.63) is 56.1 Å². The van der Waals surface area contributed by atoms with E-state index in [0.717, 1.165) is 0 Å². The standard InChI is InChI=1S/C11H9ClN4O3/c1-15-6-7(2-5-10(15)17)13-11-8(16(18)19)3-4-9(12)14-11/h2-6H,1H3,(H,13,14). The summed E-state index contributed by atoms with van der Waals surface area (Å²) >= 11 is 5.72. The van der Waals surface area contributed by atoms with Crippen LogP contribution in [0.15, 0.2) is 35.3 Å². The van der Waals surface area contributed by atoms with Crippen molar-refractivity contribution in [3.63, 3.8) is 0 Å². The predicted octanol–water partition coefficient (Wildman–Crippen LogP) is 2.09. The van der Waals surface area contributed by atoms with Crippen LogP contribution in [-0.4, -0.2) is 14.5 Å². The summed E-state index contributed by atoms with van der Waals surface area (Å²) in [4.78, 5) is 25.4. The molecule has 8 heteroatoms. The number of pyridine rings is 2. The van der Waals surface area contributed by atoms with Crippen molar-refractivity contribution < 1.29 is 4.92 Å². The van der Waals surface area contributed by atoms with E-state index < -0.39 is 4.92 Å². The van der Waals surface area contributed by atoms with Crippen molar-refractivity contribution in [2.75, 3.05) is 5.32 Å². The molecule has 2 heterocycles. The van der Waals surface area contributed by atoms with Gasteiger partial charge < -0.3 is 9.88 Å². The number of nitrogens with zero attached hydrogens (tertiary/aromatic N) is 3. The van der Waals surface area contributed by atoms with E-state index in [1.54, 1.807) is 7.05 Å². The molecule has 0 aliphatic rings. The third-order valence-electron chi connectivity index (χ3n) is 2.39. The van der Waals surface area contributed by atoms with Gasteiger partial charge in [-0.25, -0.2) is 4.98 Å². The van der Waals surface area contributed by atoms with Crippen LogP contribution in [0, 0.1) is 10.1 Å². The van der Waals surface area contributed by atoms with Crippen molar-refractivity contribution in [2.24, 2.45) is 7.05 Å². The number of aromatic nitrogens is 2. The average Bonchev–Trinajstić information content (AvgIpc) is 2.33. The van der Waals surface area contributed by atoms with Crippen LogP contribution in [0.25, 0.3) is 0 Å². The third kappa shape index (κ3) is 2.89. The lowest BCUT2D eigenvalue weighted by molar-refractivity contribution is -0.384. The normalized spacial score (nSPS) is 10.2. The van der Waals surface area contributed by atoms with Crippen molar-refractivity contribution in [3.8, 4) is 0 Å². The Balaban J connectivity index is 2.42. The molecule has 0 saturated carbocycles. The first-order valence-electron chi connectivity index (χ1n) is 5.22. The van der Waals surface area contributed by atoms with E-state index >= 15 is 0 Å². The minimum atomic E-state index is -0.562. The summed E-state index contributed by atoms with van der Waals surface area (Å²) in [5, 5.41) is 13.8. The predicted molar refractivity (Wildman–Crippen MR) is 70.9 cm³/mol. The second kappa shape index (κ2) is 5.07. The van der Waals surface area contributed by atoms with Gasteiger partial charge in [0.25, 0.3) is 0 Å². The quantitative estimate of drug-likeness (QED) is 0.528. The maximum absolute atomic E-state index is 11.2. The smallest absolute Gasteiger partial charge is 0.311 e. The summed E-state index contributed by atoms with van der Waals surface area (Å²) < 4.78 is 1.35. The molecule has 2 aromatic rings. The summed E-state index contributed by atoms with van der Waals surface area (Å²) in [5.74, 6) is 0.0242. The Morgan fingerprint density at radius 3 is 2.74 bits per heavy atom. The van der Waals surface area contributed by atoms with Crippen LogP contribution in [0.5, 0.6) is 0 Å². The highest BCUT2D eigenvalue weighted by atomic mass is 35.5. The van der Waals surface area contributed by atoms with E-state index in [1.807, 2.05) is 0 Å². The van der Waals surface area contributed by atoms with Gasteiger partial charge in [0.15, 0.2) is 0 Å². The molecule has 0 radical (unpaired) electrons. The van der Waals surface area contributed by atoms with E-state index in [2.05, 4.69) is 10.3 Å². The van der Waals surface area contributed by atoms with Gasteiger partial charge in [0.05, 0.1) is 10.6 Å². The molecular formula is C11H9ClN4O3. The monoisotopic (exact) mass is 280 g/mol. The Bertz CT molecular complexity index is 699. The topological polar surface area (TPSA) is 90.1 Å². The highest BCUT2D eigenvalue weighted by Crippen LogP contribution is 2.26. The number of hydrogen-bond donors (Lipinski definition) is 1. The number of hydrogen-bond acceptors (Lipinski definition) is 5. The molecule has 0 aliphatic carbocycles. The molecule has 0 saturated heterocycles. The largest absolute Gasteiger partial charge is 0.333 e. The van der Waals surface area contributed by atoms with Gasteiger partial charge >= 0.3 is 5.69 Å². The van der Waals surface area contributed by atoms with Gasteiger partial charge in [0.2, 0.25) is 11.4 Å². The van der Waals surface area contributed by atoms with Gasteiger partial charge in [-0.3, -0.25) is 14.9 Å². The molecule has 1 N–H and O–H groups in total. The zero-order valence-electron chi connectivity index (χ0n) is 9.83. The molecule has 2 aromatic heterocycles. The van der Waals surface area contributed by atoms with Gasteiger partial charge in [-0.15, -0.1) is 0 Å². The zero-order valence-corrected chi connectivity index (χ0v) is 10.6. The minimum Gasteiger partial charge on any atom is -0.333 e. The first-order chi connectivity index (χ1) is 8.97. The van der Waals surface area contributed by atoms with Crippen LogP contribution in [0.2, 0.25) is 5.15 Å². The molecule has 0 bridgehead atoms. The first kappa shape index (κ1) is 13.0. The average molecular weight is 281 g/mol. The van der Waals surface area contributed by atoms with Gasteiger partial charge in [-0.2, -0.15) is 0 Å². The Morgan fingerprint density at radius 1 is 1.37 bits per heavy atom. The van der Waals surface area contributed by atoms with Gasteiger partial charge in [-0.1, -0.05) is 11.6 Å². The zero-order chi connectivity index (χ0) is 14.0. The highest BCUT2D eigenvalue weighted by molar-refractivity contribution is 6.29. The Labute approximate surface area is 112 Å². The summed E-state index contributed by atoms with van der Waals surface area (Å²) in [6.45, 7) is 0. The number of aryl methyl sites for hydroxylation is 1. The number of anilines is 2. The van der Waals surface area contributed by atoms with Gasteiger partial charge in [-0.05, 0) is 12.1 Å². The van der Waals surface area contributed by atoms with Crippen LogP contribution >= 0.6 is 11.6 Å². The molecule has 0 atom stereocenters. The maximum Gasteiger partial charge on any atom is 0.311 e. The summed E-state index contributed by atoms with van der Waals surface area (Å²) in [5.41, 5.74) is 0.123. The van der Waals surface area contributed by atoms with Crippen molar-refractivity contribution in [2.45, 2.75) is 0 Å². The van der Waals surface area contributed by atoms with Gasteiger partial charge in [0.1, 0.15) is 5.15 Å². The summed E-state index contributed by atoms with van der Waals surface area (Å²) in [7, 11) is 1.58. The number of nitro groups is 1. The van der Waals surface area contributed by atoms with Crippen LogP contribution in [-0.2, 0) is 7.05 Å². The molecule has 0 aromatic carbocycles. The van der Waals surface area contributed by atoms with Crippen molar-refractivity contribution >= 4 is 28.8 Å². The number of halogens is 1. The number of nitrogens with one attached hydrogen (secondary N) is 1. The second-order valence-corrected chi connectivity index (χ2v) is 4.14. The SMILES string of the molecule is Cn1cc(Nc2nc(Cl)ccc2[N+](=O)[O-])ccc1=O. The minimum absolute atomic E-state index is 0.0242. The Kier molecular flexibility index (Phi) is 3.48. The van der Waals surface area contributed by atoms with Gasteiger partial charge in [0, 0.05) is 25.4 Å². The Morgan fingerprint density at radius 2 is 2.11 bits per heavy atom. The van der Waals surface area contributed by atoms with E-state index in [1.165, 1.54) is 35.0 Å². The lowest BCUT2D eigenvalue weighted by atomic mass is 10.3. The molecule has 7 nitrogen and oxygen atoms in total. The fraction of sp³-hybridized carbons (Fsp3) is 0.0909. The lowest BCUT2D eigenvalue weighted by Gasteiger charge is -2.07. The molecule has 0 unspecified atom stereocenters. The second-order valence-electron chi connectivity index (χ2n) is 3.75. The molecule has 98 valence electrons. The van der Waals surface area contributed by atoms with E-state index in [0.29, 0.717) is 5.69 Å². The molecule has 0 fully saturated rings. The summed E-state index contributed by atoms with van der Waals surface area (Å²) in [6.07, 6.45) is 1.51. The molecule has 19 heavy (non-hydrogen) atoms. The van der Waals surface area contributed by atoms with E-state index in [-0.39, 0.29) is 22.2 Å². The molecule has 0 aliphatic heterocycles. The molecule has 2 rings (SSSR count). The summed E-state index contributed by atoms with van der Waals surface area (Å²) in [6, 6.07) is 5.46. The van der Waals surface area contributed by atoms with Crippen LogP contribution in [0.4, 0.5) is 17.2 Å². The fourth-order valence-electron chi connectivity index (χ4n) is 1.47. The first-order valence-corrected chi connectivity index (χ1v) is 5.60. The van der Waals surface area contributed by atoms with Crippen LogP contribution in [0.3, 0.4) is 0 Å². The molecule has 0 spiro atoms. The fourth-order valence-corrected chi connectivity index (χ4v) is 1.62. The van der Waals surface area contributed by atoms with E-state index in [4.69, 9.17) is 11.6 Å². The third-order valence-corrected chi connectivity index (χ3v) is 2.60. The highest BCUT2D eigenvalue weighted by Gasteiger charge is 2.15. The Hall–Kier alpha value is -2.41. The molecule has 0 amide bonds. The van der Waals surface area contributed by atoms with Crippen molar-refractivity contribution in [1.82, 2.24) is 9.55 Å². The number of rotatable bonds is 3. The lowest BCUT2D eigenvalue weighted by Crippen LogP contribution is -2.14. The van der Waals surface area contributed by atoms with Crippen LogP contribution in [0.1, 0.15) is 0 Å². The molecular weight excluding hydrogens is 272 g/mol. The van der Waals surface area contributed by atoms with E-state index in [9.17, 15) is 14.9 Å². The van der Waals surface area contributed by atoms with Crippen LogP contribution < -0.4 is 10.9 Å².